The second-order valence-electron chi connectivity index (χ2n) is 6.81. The lowest BCUT2D eigenvalue weighted by Crippen LogP contribution is -2.23. The second-order valence-corrected chi connectivity index (χ2v) is 8.69. The molecule has 0 aliphatic carbocycles. The molecule has 7 nitrogen and oxygen atoms in total. The van der Waals surface area contributed by atoms with Gasteiger partial charge in [-0.15, -0.1) is 0 Å². The number of fused-ring (bicyclic) bond motifs is 1. The van der Waals surface area contributed by atoms with Gasteiger partial charge in [-0.1, -0.05) is 18.2 Å². The Balaban J connectivity index is 1.54. The molecule has 4 aromatic rings. The van der Waals surface area contributed by atoms with Gasteiger partial charge in [0.15, 0.2) is 0 Å². The summed E-state index contributed by atoms with van der Waals surface area (Å²) in [5.74, 6) is -0.618. The number of carbonyl (C=O) groups excluding carboxylic acids is 1. The van der Waals surface area contributed by atoms with Gasteiger partial charge in [0.25, 0.3) is 5.91 Å². The minimum atomic E-state index is -3.50. The van der Waals surface area contributed by atoms with Crippen LogP contribution in [0.1, 0.15) is 15.9 Å². The number of rotatable bonds is 6. The Morgan fingerprint density at radius 3 is 2.42 bits per heavy atom. The van der Waals surface area contributed by atoms with E-state index in [0.717, 1.165) is 11.1 Å². The molecule has 158 valence electrons. The van der Waals surface area contributed by atoms with E-state index in [0.29, 0.717) is 16.6 Å². The predicted molar refractivity (Wildman–Crippen MR) is 115 cm³/mol. The van der Waals surface area contributed by atoms with Crippen molar-refractivity contribution in [3.8, 4) is 5.69 Å². The number of halogens is 1. The molecule has 1 amide bonds. The molecule has 0 fully saturated rings. The van der Waals surface area contributed by atoms with Crippen LogP contribution < -0.4 is 10.0 Å². The number of hydrogen-bond acceptors (Lipinski definition) is 4. The fourth-order valence-electron chi connectivity index (χ4n) is 3.22. The van der Waals surface area contributed by atoms with E-state index >= 15 is 0 Å². The van der Waals surface area contributed by atoms with E-state index in [1.807, 2.05) is 6.07 Å². The molecule has 4 rings (SSSR count). The summed E-state index contributed by atoms with van der Waals surface area (Å²) in [6.45, 7) is 0.237. The molecule has 1 heterocycles. The topological polar surface area (TPSA) is 93.1 Å². The van der Waals surface area contributed by atoms with Gasteiger partial charge in [-0.25, -0.2) is 22.2 Å². The third kappa shape index (κ3) is 4.18. The van der Waals surface area contributed by atoms with Crippen LogP contribution in [0.15, 0.2) is 77.8 Å². The summed E-state index contributed by atoms with van der Waals surface area (Å²) in [5, 5.41) is 7.86. The lowest BCUT2D eigenvalue weighted by molar-refractivity contribution is 0.0952. The molecule has 0 unspecified atom stereocenters. The molecule has 0 saturated carbocycles. The van der Waals surface area contributed by atoms with E-state index in [1.54, 1.807) is 47.3 Å². The maximum atomic E-state index is 13.2. The molecule has 9 heteroatoms. The number of aromatic nitrogens is 2. The molecule has 0 radical (unpaired) electrons. The van der Waals surface area contributed by atoms with E-state index < -0.39 is 10.0 Å². The van der Waals surface area contributed by atoms with Crippen LogP contribution in [0.5, 0.6) is 0 Å². The molecule has 3 aromatic carbocycles. The molecular formula is C22H19FN4O3S. The summed E-state index contributed by atoms with van der Waals surface area (Å²) in [6, 6.07) is 17.5. The summed E-state index contributed by atoms with van der Waals surface area (Å²) < 4.78 is 40.7. The number of hydrogen-bond donors (Lipinski definition) is 2. The zero-order chi connectivity index (χ0) is 22.0. The predicted octanol–water partition coefficient (Wildman–Crippen LogP) is 3.00. The fourth-order valence-corrected chi connectivity index (χ4v) is 3.95. The van der Waals surface area contributed by atoms with Crippen LogP contribution in [0.25, 0.3) is 16.6 Å². The molecule has 0 atom stereocenters. The lowest BCUT2D eigenvalue weighted by Gasteiger charge is -2.08. The molecule has 0 bridgehead atoms. The van der Waals surface area contributed by atoms with Crippen LogP contribution in [0.4, 0.5) is 4.39 Å². The minimum Gasteiger partial charge on any atom is -0.348 e. The van der Waals surface area contributed by atoms with Crippen LogP contribution in [0.3, 0.4) is 0 Å². The zero-order valence-corrected chi connectivity index (χ0v) is 17.4. The highest BCUT2D eigenvalue weighted by atomic mass is 32.2. The van der Waals surface area contributed by atoms with Gasteiger partial charge < -0.3 is 5.32 Å². The van der Waals surface area contributed by atoms with E-state index in [1.165, 1.54) is 31.3 Å². The number of carbonyl (C=O) groups is 1. The maximum Gasteiger partial charge on any atom is 0.252 e. The van der Waals surface area contributed by atoms with E-state index in [2.05, 4.69) is 15.1 Å². The SMILES string of the molecule is CNS(=O)(=O)c1ccc(CNC(=O)c2cccc3c2cnn3-c2ccc(F)cc2)cc1. The van der Waals surface area contributed by atoms with Crippen molar-refractivity contribution in [1.82, 2.24) is 19.8 Å². The summed E-state index contributed by atoms with van der Waals surface area (Å²) in [5.41, 5.74) is 2.63. The van der Waals surface area contributed by atoms with Gasteiger partial charge in [-0.05, 0) is 61.1 Å². The Hall–Kier alpha value is -3.56. The van der Waals surface area contributed by atoms with Gasteiger partial charge in [-0.2, -0.15) is 5.10 Å². The number of amides is 1. The van der Waals surface area contributed by atoms with Crippen molar-refractivity contribution >= 4 is 26.8 Å². The van der Waals surface area contributed by atoms with Crippen molar-refractivity contribution < 1.29 is 17.6 Å². The highest BCUT2D eigenvalue weighted by Crippen LogP contribution is 2.22. The third-order valence-electron chi connectivity index (χ3n) is 4.88. The fraction of sp³-hybridized carbons (Fsp3) is 0.0909. The Labute approximate surface area is 178 Å². The zero-order valence-electron chi connectivity index (χ0n) is 16.5. The summed E-state index contributed by atoms with van der Waals surface area (Å²) in [7, 11) is -2.15. The summed E-state index contributed by atoms with van der Waals surface area (Å²) in [4.78, 5) is 12.9. The molecule has 0 aliphatic rings. The smallest absolute Gasteiger partial charge is 0.252 e. The van der Waals surface area contributed by atoms with Crippen LogP contribution in [-0.4, -0.2) is 31.2 Å². The second kappa shape index (κ2) is 8.29. The molecule has 0 spiro atoms. The van der Waals surface area contributed by atoms with Gasteiger partial charge in [0, 0.05) is 11.9 Å². The van der Waals surface area contributed by atoms with E-state index in [4.69, 9.17) is 0 Å². The quantitative estimate of drug-likeness (QED) is 0.484. The van der Waals surface area contributed by atoms with Gasteiger partial charge in [0.2, 0.25) is 10.0 Å². The summed E-state index contributed by atoms with van der Waals surface area (Å²) >= 11 is 0. The Kier molecular flexibility index (Phi) is 5.53. The Morgan fingerprint density at radius 1 is 1.03 bits per heavy atom. The first-order valence-corrected chi connectivity index (χ1v) is 10.9. The monoisotopic (exact) mass is 438 g/mol. The molecular weight excluding hydrogens is 419 g/mol. The van der Waals surface area contributed by atoms with Gasteiger partial charge in [0.1, 0.15) is 5.82 Å². The highest BCUT2D eigenvalue weighted by Gasteiger charge is 2.15. The highest BCUT2D eigenvalue weighted by molar-refractivity contribution is 7.89. The van der Waals surface area contributed by atoms with E-state index in [-0.39, 0.29) is 23.2 Å². The number of sulfonamides is 1. The first-order valence-electron chi connectivity index (χ1n) is 9.42. The molecule has 0 saturated heterocycles. The largest absolute Gasteiger partial charge is 0.348 e. The van der Waals surface area contributed by atoms with Crippen LogP contribution in [0.2, 0.25) is 0 Å². The van der Waals surface area contributed by atoms with E-state index in [9.17, 15) is 17.6 Å². The molecule has 1 aromatic heterocycles. The number of benzene rings is 3. The number of nitrogens with zero attached hydrogens (tertiary/aromatic N) is 2. The Morgan fingerprint density at radius 2 is 1.74 bits per heavy atom. The maximum absolute atomic E-state index is 13.2. The number of nitrogens with one attached hydrogen (secondary N) is 2. The molecule has 0 aliphatic heterocycles. The first kappa shape index (κ1) is 20.7. The average molecular weight is 438 g/mol. The lowest BCUT2D eigenvalue weighted by atomic mass is 10.1. The van der Waals surface area contributed by atoms with Gasteiger partial charge >= 0.3 is 0 Å². The van der Waals surface area contributed by atoms with Crippen molar-refractivity contribution in [3.63, 3.8) is 0 Å². The van der Waals surface area contributed by atoms with Gasteiger partial charge in [0.05, 0.1) is 27.9 Å². The van der Waals surface area contributed by atoms with Crippen LogP contribution in [-0.2, 0) is 16.6 Å². The van der Waals surface area contributed by atoms with Crippen molar-refractivity contribution in [2.45, 2.75) is 11.4 Å². The van der Waals surface area contributed by atoms with Crippen molar-refractivity contribution in [1.29, 1.82) is 0 Å². The van der Waals surface area contributed by atoms with Crippen molar-refractivity contribution in [2.24, 2.45) is 0 Å². The van der Waals surface area contributed by atoms with Crippen molar-refractivity contribution in [2.75, 3.05) is 7.05 Å². The average Bonchev–Trinajstić information content (AvgIpc) is 3.22. The van der Waals surface area contributed by atoms with Crippen LogP contribution in [0, 0.1) is 5.82 Å². The third-order valence-corrected chi connectivity index (χ3v) is 6.32. The van der Waals surface area contributed by atoms with Gasteiger partial charge in [-0.3, -0.25) is 4.79 Å². The van der Waals surface area contributed by atoms with Crippen molar-refractivity contribution in [3.05, 3.63) is 89.9 Å². The Bertz CT molecular complexity index is 1350. The standard InChI is InChI=1S/C22H19FN4O3S/c1-24-31(29,30)18-11-5-15(6-12-18)13-25-22(28)19-3-2-4-21-20(19)14-26-27(21)17-9-7-16(23)8-10-17/h2-12,14,24H,13H2,1H3,(H,25,28). The molecule has 2 N–H and O–H groups in total. The first-order chi connectivity index (χ1) is 14.9. The minimum absolute atomic E-state index is 0.156. The normalized spacial score (nSPS) is 11.5. The summed E-state index contributed by atoms with van der Waals surface area (Å²) in [6.07, 6.45) is 1.60. The van der Waals surface area contributed by atoms with Crippen LogP contribution >= 0.6 is 0 Å². The molecule has 31 heavy (non-hydrogen) atoms.